The van der Waals surface area contributed by atoms with E-state index in [0.717, 1.165) is 0 Å². The van der Waals surface area contributed by atoms with E-state index in [1.54, 1.807) is 11.8 Å². The average molecular weight is 278 g/mol. The van der Waals surface area contributed by atoms with Crippen molar-refractivity contribution in [2.75, 3.05) is 19.8 Å². The number of thioether (sulfide) groups is 1. The molecule has 0 amide bonds. The molecule has 0 aliphatic carbocycles. The van der Waals surface area contributed by atoms with Crippen LogP contribution in [-0.4, -0.2) is 33.4 Å². The van der Waals surface area contributed by atoms with E-state index in [1.165, 1.54) is 0 Å². The minimum Gasteiger partial charge on any atom is -0.371 e. The fraction of sp³-hybridized carbons (Fsp3) is 0.833. The zero-order valence-electron chi connectivity index (χ0n) is 11.9. The van der Waals surface area contributed by atoms with Gasteiger partial charge in [0.2, 0.25) is 0 Å². The zero-order valence-corrected chi connectivity index (χ0v) is 13.7. The fourth-order valence-corrected chi connectivity index (χ4v) is 4.29. The normalized spacial score (nSPS) is 13.5. The Labute approximate surface area is 111 Å². The minimum absolute atomic E-state index is 0.196. The molecular weight excluding hydrogens is 252 g/mol. The minimum atomic E-state index is -2.60. The van der Waals surface area contributed by atoms with Crippen LogP contribution in [0.1, 0.15) is 41.5 Å². The molecule has 0 N–H and O–H groups in total. The van der Waals surface area contributed by atoms with Crippen LogP contribution >= 0.6 is 11.8 Å². The SMILES string of the molecule is CCO[Si](/C=C/SC(C)(C)C)(OCC)OCC. The zero-order chi connectivity index (χ0) is 13.4. The third kappa shape index (κ3) is 7.99. The summed E-state index contributed by atoms with van der Waals surface area (Å²) in [6.45, 7) is 14.2. The van der Waals surface area contributed by atoms with Gasteiger partial charge in [-0.15, -0.1) is 11.8 Å². The molecular formula is C12H26O3SSi. The molecule has 0 spiro atoms. The van der Waals surface area contributed by atoms with Crippen molar-refractivity contribution in [2.45, 2.75) is 46.3 Å². The maximum absolute atomic E-state index is 5.72. The Morgan fingerprint density at radius 3 is 1.65 bits per heavy atom. The maximum Gasteiger partial charge on any atom is 0.530 e. The molecule has 0 aromatic heterocycles. The molecule has 0 fully saturated rings. The van der Waals surface area contributed by atoms with E-state index in [0.29, 0.717) is 19.8 Å². The summed E-state index contributed by atoms with van der Waals surface area (Å²) in [6, 6.07) is 0. The molecule has 0 aliphatic rings. The number of rotatable bonds is 8. The Balaban J connectivity index is 4.63. The molecule has 0 aliphatic heterocycles. The van der Waals surface area contributed by atoms with Crippen LogP contribution in [0.2, 0.25) is 0 Å². The topological polar surface area (TPSA) is 27.7 Å². The van der Waals surface area contributed by atoms with Crippen LogP contribution in [0.3, 0.4) is 0 Å². The van der Waals surface area contributed by atoms with Gasteiger partial charge in [0.15, 0.2) is 0 Å². The quantitative estimate of drug-likeness (QED) is 0.634. The molecule has 17 heavy (non-hydrogen) atoms. The first-order chi connectivity index (χ1) is 7.89. The fourth-order valence-electron chi connectivity index (χ4n) is 1.19. The smallest absolute Gasteiger partial charge is 0.371 e. The predicted octanol–water partition coefficient (Wildman–Crippen LogP) is 3.62. The Kier molecular flexibility index (Phi) is 8.41. The van der Waals surface area contributed by atoms with Crippen LogP contribution in [0.5, 0.6) is 0 Å². The van der Waals surface area contributed by atoms with E-state index in [-0.39, 0.29) is 4.75 Å². The second-order valence-corrected chi connectivity index (χ2v) is 8.57. The molecule has 0 aromatic rings. The summed E-state index contributed by atoms with van der Waals surface area (Å²) in [4.78, 5) is 0. The molecule has 0 heterocycles. The first-order valence-electron chi connectivity index (χ1n) is 6.16. The van der Waals surface area contributed by atoms with Crippen LogP contribution in [0, 0.1) is 0 Å². The summed E-state index contributed by atoms with van der Waals surface area (Å²) in [5.74, 6) is 0. The van der Waals surface area contributed by atoms with E-state index in [9.17, 15) is 0 Å². The summed E-state index contributed by atoms with van der Waals surface area (Å²) in [7, 11) is -2.60. The Hall–Kier alpha value is 0.187. The summed E-state index contributed by atoms with van der Waals surface area (Å²) >= 11 is 1.75. The summed E-state index contributed by atoms with van der Waals surface area (Å²) in [5.41, 5.74) is 1.99. The summed E-state index contributed by atoms with van der Waals surface area (Å²) < 4.78 is 17.4. The van der Waals surface area contributed by atoms with Crippen LogP contribution < -0.4 is 0 Å². The second kappa shape index (κ2) is 8.32. The lowest BCUT2D eigenvalue weighted by Crippen LogP contribution is -2.44. The van der Waals surface area contributed by atoms with E-state index in [4.69, 9.17) is 13.3 Å². The average Bonchev–Trinajstić information content (AvgIpc) is 2.16. The second-order valence-electron chi connectivity index (χ2n) is 4.44. The molecule has 0 atom stereocenters. The molecule has 0 radical (unpaired) electrons. The van der Waals surface area contributed by atoms with Gasteiger partial charge in [0.05, 0.1) is 0 Å². The monoisotopic (exact) mass is 278 g/mol. The Bertz CT molecular complexity index is 209. The highest BCUT2D eigenvalue weighted by Gasteiger charge is 2.37. The Morgan fingerprint density at radius 1 is 0.941 bits per heavy atom. The van der Waals surface area contributed by atoms with Crippen molar-refractivity contribution in [3.05, 3.63) is 11.1 Å². The highest BCUT2D eigenvalue weighted by Crippen LogP contribution is 2.25. The lowest BCUT2D eigenvalue weighted by atomic mass is 10.3. The van der Waals surface area contributed by atoms with Gasteiger partial charge >= 0.3 is 8.80 Å². The third-order valence-corrected chi connectivity index (χ3v) is 5.60. The molecule has 0 saturated carbocycles. The van der Waals surface area contributed by atoms with Gasteiger partial charge in [-0.1, -0.05) is 20.8 Å². The van der Waals surface area contributed by atoms with Crippen molar-refractivity contribution in [3.63, 3.8) is 0 Å². The van der Waals surface area contributed by atoms with Gasteiger partial charge in [0, 0.05) is 24.6 Å². The van der Waals surface area contributed by atoms with Crippen molar-refractivity contribution in [2.24, 2.45) is 0 Å². The first-order valence-corrected chi connectivity index (χ1v) is 8.84. The molecule has 0 unspecified atom stereocenters. The number of hydrogen-bond acceptors (Lipinski definition) is 4. The largest absolute Gasteiger partial charge is 0.530 e. The lowest BCUT2D eigenvalue weighted by Gasteiger charge is -2.25. The van der Waals surface area contributed by atoms with Crippen molar-refractivity contribution >= 4 is 20.6 Å². The van der Waals surface area contributed by atoms with E-state index >= 15 is 0 Å². The lowest BCUT2D eigenvalue weighted by molar-refractivity contribution is 0.0843. The molecule has 0 aromatic carbocycles. The van der Waals surface area contributed by atoms with Gasteiger partial charge in [0.25, 0.3) is 0 Å². The van der Waals surface area contributed by atoms with Crippen LogP contribution in [-0.2, 0) is 13.3 Å². The summed E-state index contributed by atoms with van der Waals surface area (Å²) in [6.07, 6.45) is 0. The van der Waals surface area contributed by atoms with Gasteiger partial charge in [-0.25, -0.2) is 0 Å². The van der Waals surface area contributed by atoms with Crippen molar-refractivity contribution in [3.8, 4) is 0 Å². The van der Waals surface area contributed by atoms with Gasteiger partial charge in [-0.2, -0.15) is 0 Å². The highest BCUT2D eigenvalue weighted by atomic mass is 32.2. The van der Waals surface area contributed by atoms with E-state index in [2.05, 4.69) is 20.8 Å². The summed E-state index contributed by atoms with van der Waals surface area (Å²) in [5, 5.41) is 2.05. The molecule has 102 valence electrons. The maximum atomic E-state index is 5.72. The molecule has 5 heteroatoms. The van der Waals surface area contributed by atoms with Gasteiger partial charge in [0.1, 0.15) is 0 Å². The molecule has 0 rings (SSSR count). The van der Waals surface area contributed by atoms with Crippen molar-refractivity contribution in [1.29, 1.82) is 0 Å². The molecule has 0 saturated heterocycles. The molecule has 3 nitrogen and oxygen atoms in total. The van der Waals surface area contributed by atoms with Crippen molar-refractivity contribution < 1.29 is 13.3 Å². The van der Waals surface area contributed by atoms with Gasteiger partial charge < -0.3 is 13.3 Å². The standard InChI is InChI=1S/C12H26O3SSi/c1-7-13-17(14-8-2,15-9-3)11-10-16-12(4,5)6/h10-11H,7-9H2,1-6H3/b11-10+. The van der Waals surface area contributed by atoms with Gasteiger partial charge in [-0.3, -0.25) is 0 Å². The van der Waals surface area contributed by atoms with Gasteiger partial charge in [-0.05, 0) is 31.9 Å². The Morgan fingerprint density at radius 2 is 1.35 bits per heavy atom. The molecule has 0 bridgehead atoms. The van der Waals surface area contributed by atoms with E-state index in [1.807, 2.05) is 31.9 Å². The highest BCUT2D eigenvalue weighted by molar-refractivity contribution is 8.03. The van der Waals surface area contributed by atoms with Crippen LogP contribution in [0.4, 0.5) is 0 Å². The third-order valence-electron chi connectivity index (χ3n) is 1.73. The van der Waals surface area contributed by atoms with E-state index < -0.39 is 8.80 Å². The van der Waals surface area contributed by atoms with Crippen LogP contribution in [0.15, 0.2) is 11.1 Å². The number of hydrogen-bond donors (Lipinski definition) is 0. The van der Waals surface area contributed by atoms with Crippen molar-refractivity contribution in [1.82, 2.24) is 0 Å². The van der Waals surface area contributed by atoms with Crippen LogP contribution in [0.25, 0.3) is 0 Å². The predicted molar refractivity (Wildman–Crippen MR) is 77.1 cm³/mol. The first kappa shape index (κ1) is 17.2.